The number of thioether (sulfide) groups is 1. The van der Waals surface area contributed by atoms with E-state index < -0.39 is 0 Å². The molecule has 6 nitrogen and oxygen atoms in total. The number of hydrogen-bond acceptors (Lipinski definition) is 6. The van der Waals surface area contributed by atoms with Crippen molar-refractivity contribution >= 4 is 11.8 Å². The molecule has 0 bridgehead atoms. The second-order valence-corrected chi connectivity index (χ2v) is 6.95. The number of rotatable bonds is 7. The topological polar surface area (TPSA) is 69.9 Å². The molecule has 0 spiro atoms. The van der Waals surface area contributed by atoms with Crippen LogP contribution in [0.15, 0.2) is 69.4 Å². The molecule has 0 N–H and O–H groups in total. The second-order valence-electron chi connectivity index (χ2n) is 6.01. The van der Waals surface area contributed by atoms with Gasteiger partial charge in [0.25, 0.3) is 0 Å². The first-order valence-corrected chi connectivity index (χ1v) is 9.56. The number of hydrogen-bond donors (Lipinski definition) is 0. The summed E-state index contributed by atoms with van der Waals surface area (Å²) in [6, 6.07) is 7.98. The Morgan fingerprint density at radius 3 is 2.75 bits per heavy atom. The second kappa shape index (κ2) is 7.85. The van der Waals surface area contributed by atoms with Crippen LogP contribution >= 0.6 is 11.8 Å². The van der Waals surface area contributed by atoms with Crippen LogP contribution in [0.1, 0.15) is 11.7 Å². The zero-order valence-corrected chi connectivity index (χ0v) is 15.9. The average Bonchev–Trinajstić information content (AvgIpc) is 3.41. The molecule has 142 valence electrons. The first kappa shape index (κ1) is 18.2. The summed E-state index contributed by atoms with van der Waals surface area (Å²) in [7, 11) is 0. The van der Waals surface area contributed by atoms with Crippen LogP contribution in [0.3, 0.4) is 0 Å². The summed E-state index contributed by atoms with van der Waals surface area (Å²) >= 11 is 1.47. The molecular weight excluding hydrogens is 379 g/mol. The largest absolute Gasteiger partial charge is 0.469 e. The predicted molar refractivity (Wildman–Crippen MR) is 104 cm³/mol. The molecule has 28 heavy (non-hydrogen) atoms. The molecule has 0 unspecified atom stereocenters. The Labute approximate surface area is 165 Å². The predicted octanol–water partition coefficient (Wildman–Crippen LogP) is 5.12. The highest BCUT2D eigenvalue weighted by atomic mass is 32.2. The molecule has 0 fully saturated rings. The maximum Gasteiger partial charge on any atom is 0.205 e. The third kappa shape index (κ3) is 3.63. The summed E-state index contributed by atoms with van der Waals surface area (Å²) in [5.41, 5.74) is 1.67. The lowest BCUT2D eigenvalue weighted by atomic mass is 10.2. The lowest BCUT2D eigenvalue weighted by Gasteiger charge is -2.06. The van der Waals surface area contributed by atoms with Gasteiger partial charge >= 0.3 is 0 Å². The zero-order valence-electron chi connectivity index (χ0n) is 15.1. The maximum atomic E-state index is 13.1. The molecule has 1 aromatic carbocycles. The van der Waals surface area contributed by atoms with Crippen molar-refractivity contribution in [3.63, 3.8) is 0 Å². The highest BCUT2D eigenvalue weighted by molar-refractivity contribution is 7.98. The van der Waals surface area contributed by atoms with Gasteiger partial charge in [-0.15, -0.1) is 16.8 Å². The summed E-state index contributed by atoms with van der Waals surface area (Å²) in [6.45, 7) is 6.28. The van der Waals surface area contributed by atoms with Gasteiger partial charge in [0.05, 0.1) is 23.8 Å². The van der Waals surface area contributed by atoms with E-state index in [-0.39, 0.29) is 5.82 Å². The molecule has 4 aromatic rings. The Bertz CT molecular complexity index is 1100. The molecule has 0 saturated heterocycles. The van der Waals surface area contributed by atoms with Gasteiger partial charge in [0, 0.05) is 12.1 Å². The number of aromatic nitrogens is 4. The van der Waals surface area contributed by atoms with Crippen molar-refractivity contribution in [2.24, 2.45) is 0 Å². The first-order chi connectivity index (χ1) is 13.7. The molecule has 0 aliphatic heterocycles. The van der Waals surface area contributed by atoms with Gasteiger partial charge in [-0.1, -0.05) is 17.8 Å². The fraction of sp³-hybridized carbons (Fsp3) is 0.150. The van der Waals surface area contributed by atoms with Gasteiger partial charge < -0.3 is 8.83 Å². The van der Waals surface area contributed by atoms with Crippen LogP contribution in [0.2, 0.25) is 0 Å². The number of oxazole rings is 1. The van der Waals surface area contributed by atoms with Crippen molar-refractivity contribution < 1.29 is 13.2 Å². The van der Waals surface area contributed by atoms with Gasteiger partial charge in [-0.3, -0.25) is 4.57 Å². The van der Waals surface area contributed by atoms with Crippen molar-refractivity contribution in [2.45, 2.75) is 24.4 Å². The van der Waals surface area contributed by atoms with Crippen molar-refractivity contribution in [3.05, 3.63) is 72.9 Å². The van der Waals surface area contributed by atoms with E-state index in [2.05, 4.69) is 21.8 Å². The smallest absolute Gasteiger partial charge is 0.205 e. The normalized spacial score (nSPS) is 11.1. The average molecular weight is 396 g/mol. The maximum absolute atomic E-state index is 13.1. The van der Waals surface area contributed by atoms with Gasteiger partial charge in [0.15, 0.2) is 16.7 Å². The minimum atomic E-state index is -0.288. The minimum absolute atomic E-state index is 0.288. The Morgan fingerprint density at radius 2 is 2.04 bits per heavy atom. The first-order valence-electron chi connectivity index (χ1n) is 8.57. The van der Waals surface area contributed by atoms with Crippen LogP contribution in [0, 0.1) is 12.7 Å². The van der Waals surface area contributed by atoms with Crippen LogP contribution in [0.25, 0.3) is 22.7 Å². The van der Waals surface area contributed by atoms with Gasteiger partial charge in [0.2, 0.25) is 5.89 Å². The van der Waals surface area contributed by atoms with Crippen molar-refractivity contribution in [1.82, 2.24) is 19.7 Å². The van der Waals surface area contributed by atoms with Crippen LogP contribution in [-0.4, -0.2) is 19.7 Å². The fourth-order valence-electron chi connectivity index (χ4n) is 2.76. The van der Waals surface area contributed by atoms with E-state index in [1.165, 1.54) is 23.9 Å². The molecule has 0 aliphatic rings. The summed E-state index contributed by atoms with van der Waals surface area (Å²) in [4.78, 5) is 4.30. The number of allylic oxidation sites excluding steroid dienone is 1. The summed E-state index contributed by atoms with van der Waals surface area (Å²) in [5.74, 6) is 2.86. The van der Waals surface area contributed by atoms with Crippen LogP contribution in [-0.2, 0) is 12.3 Å². The molecule has 4 rings (SSSR count). The number of aryl methyl sites for hydroxylation is 1. The van der Waals surface area contributed by atoms with E-state index in [4.69, 9.17) is 8.83 Å². The van der Waals surface area contributed by atoms with Crippen molar-refractivity contribution in [1.29, 1.82) is 0 Å². The zero-order chi connectivity index (χ0) is 19.5. The van der Waals surface area contributed by atoms with Crippen molar-refractivity contribution in [2.75, 3.05) is 0 Å². The molecule has 3 heterocycles. The number of halogens is 1. The number of nitrogens with zero attached hydrogens (tertiary/aromatic N) is 4. The summed E-state index contributed by atoms with van der Waals surface area (Å²) < 4.78 is 26.2. The number of furan rings is 1. The third-order valence-electron chi connectivity index (χ3n) is 4.14. The Kier molecular flexibility index (Phi) is 5.12. The van der Waals surface area contributed by atoms with E-state index in [0.29, 0.717) is 23.9 Å². The molecule has 0 saturated carbocycles. The van der Waals surface area contributed by atoms with Gasteiger partial charge in [-0.2, -0.15) is 0 Å². The van der Waals surface area contributed by atoms with E-state index in [9.17, 15) is 4.39 Å². The van der Waals surface area contributed by atoms with Crippen LogP contribution in [0.5, 0.6) is 0 Å². The lowest BCUT2D eigenvalue weighted by Crippen LogP contribution is -2.00. The minimum Gasteiger partial charge on any atom is -0.469 e. The Hall–Kier alpha value is -3.13. The standard InChI is InChI=1S/C20H17FN4O2S/c1-3-9-25-19(16-8-10-26-13(16)2)23-24-20(25)28-12-18-22-11-17(27-18)14-4-6-15(21)7-5-14/h3-8,10-11H,1,9,12H2,2H3. The van der Waals surface area contributed by atoms with Crippen LogP contribution in [0.4, 0.5) is 4.39 Å². The quantitative estimate of drug-likeness (QED) is 0.319. The lowest BCUT2D eigenvalue weighted by molar-refractivity contribution is 0.529. The van der Waals surface area contributed by atoms with E-state index >= 15 is 0 Å². The molecule has 0 amide bonds. The SMILES string of the molecule is C=CCn1c(SCc2ncc(-c3ccc(F)cc3)o2)nnc1-c1ccoc1C. The van der Waals surface area contributed by atoms with Gasteiger partial charge in [-0.05, 0) is 37.3 Å². The monoisotopic (exact) mass is 396 g/mol. The summed E-state index contributed by atoms with van der Waals surface area (Å²) in [6.07, 6.45) is 5.07. The Balaban J connectivity index is 1.52. The van der Waals surface area contributed by atoms with Crippen LogP contribution < -0.4 is 0 Å². The highest BCUT2D eigenvalue weighted by Crippen LogP contribution is 2.29. The molecule has 0 radical (unpaired) electrons. The highest BCUT2D eigenvalue weighted by Gasteiger charge is 2.17. The van der Waals surface area contributed by atoms with E-state index in [1.54, 1.807) is 30.7 Å². The molecule has 8 heteroatoms. The molecule has 0 aliphatic carbocycles. The molecular formula is C20H17FN4O2S. The van der Waals surface area contributed by atoms with Gasteiger partial charge in [-0.25, -0.2) is 9.37 Å². The van der Waals surface area contributed by atoms with Gasteiger partial charge in [0.1, 0.15) is 11.6 Å². The molecule has 3 aromatic heterocycles. The number of benzene rings is 1. The van der Waals surface area contributed by atoms with E-state index in [0.717, 1.165) is 27.9 Å². The van der Waals surface area contributed by atoms with E-state index in [1.807, 2.05) is 17.6 Å². The summed E-state index contributed by atoms with van der Waals surface area (Å²) in [5, 5.41) is 9.34. The van der Waals surface area contributed by atoms with Crippen molar-refractivity contribution in [3.8, 4) is 22.7 Å². The Morgan fingerprint density at radius 1 is 1.21 bits per heavy atom. The fourth-order valence-corrected chi connectivity index (χ4v) is 3.56. The third-order valence-corrected chi connectivity index (χ3v) is 5.09. The molecule has 0 atom stereocenters.